The Bertz CT molecular complexity index is 187. The van der Waals surface area contributed by atoms with Crippen LogP contribution in [-0.2, 0) is 0 Å². The van der Waals surface area contributed by atoms with E-state index in [1.165, 1.54) is 25.7 Å². The number of hydrogen-bond acceptors (Lipinski definition) is 2. The van der Waals surface area contributed by atoms with E-state index in [-0.39, 0.29) is 0 Å². The zero-order valence-electron chi connectivity index (χ0n) is 10.6. The van der Waals surface area contributed by atoms with Gasteiger partial charge in [0.15, 0.2) is 0 Å². The Morgan fingerprint density at radius 1 is 1.33 bits per heavy atom. The summed E-state index contributed by atoms with van der Waals surface area (Å²) in [5.41, 5.74) is 2.82. The van der Waals surface area contributed by atoms with E-state index in [4.69, 9.17) is 5.84 Å². The molecule has 0 heterocycles. The van der Waals surface area contributed by atoms with Gasteiger partial charge in [-0.1, -0.05) is 40.0 Å². The number of nitrogens with two attached hydrogens (primary N) is 1. The first-order valence-electron chi connectivity index (χ1n) is 5.73. The van der Waals surface area contributed by atoms with Crippen molar-refractivity contribution in [1.29, 1.82) is 0 Å². The summed E-state index contributed by atoms with van der Waals surface area (Å²) in [5, 5.41) is 3.20. The third-order valence-electron chi connectivity index (χ3n) is 2.55. The fourth-order valence-electron chi connectivity index (χ4n) is 1.46. The van der Waals surface area contributed by atoms with Gasteiger partial charge >= 0.3 is 0 Å². The van der Waals surface area contributed by atoms with Gasteiger partial charge in [-0.15, -0.1) is 0 Å². The highest BCUT2D eigenvalue weighted by molar-refractivity contribution is 5.78. The first-order chi connectivity index (χ1) is 7.05. The van der Waals surface area contributed by atoms with Crippen LogP contribution in [0.4, 0.5) is 0 Å². The summed E-state index contributed by atoms with van der Waals surface area (Å²) < 4.78 is 0. The van der Waals surface area contributed by atoms with Gasteiger partial charge in [-0.2, -0.15) is 0 Å². The summed E-state index contributed by atoms with van der Waals surface area (Å²) >= 11 is 0. The SMILES string of the molecule is CCCCCC(C)(C)CNC(=NC)NN. The van der Waals surface area contributed by atoms with Crippen molar-refractivity contribution in [3.8, 4) is 0 Å². The van der Waals surface area contributed by atoms with Crippen molar-refractivity contribution in [2.45, 2.75) is 46.5 Å². The Labute approximate surface area is 93.7 Å². The highest BCUT2D eigenvalue weighted by Crippen LogP contribution is 2.22. The quantitative estimate of drug-likeness (QED) is 0.207. The van der Waals surface area contributed by atoms with E-state index in [1.54, 1.807) is 7.05 Å². The van der Waals surface area contributed by atoms with Crippen LogP contribution in [0.5, 0.6) is 0 Å². The molecule has 0 amide bonds. The van der Waals surface area contributed by atoms with Crippen LogP contribution in [0.25, 0.3) is 0 Å². The minimum absolute atomic E-state index is 0.294. The monoisotopic (exact) mass is 214 g/mol. The van der Waals surface area contributed by atoms with Crippen LogP contribution < -0.4 is 16.6 Å². The molecule has 4 nitrogen and oxygen atoms in total. The van der Waals surface area contributed by atoms with Crippen LogP contribution in [0.1, 0.15) is 46.5 Å². The lowest BCUT2D eigenvalue weighted by molar-refractivity contribution is 0.318. The molecule has 0 aliphatic carbocycles. The molecule has 0 saturated heterocycles. The average molecular weight is 214 g/mol. The number of unbranched alkanes of at least 4 members (excludes halogenated alkanes) is 2. The lowest BCUT2D eigenvalue weighted by atomic mass is 9.87. The molecule has 4 N–H and O–H groups in total. The zero-order valence-corrected chi connectivity index (χ0v) is 10.6. The highest BCUT2D eigenvalue weighted by Gasteiger charge is 2.17. The van der Waals surface area contributed by atoms with Gasteiger partial charge in [0.25, 0.3) is 0 Å². The van der Waals surface area contributed by atoms with Gasteiger partial charge in [0.2, 0.25) is 5.96 Å². The van der Waals surface area contributed by atoms with E-state index in [2.05, 4.69) is 36.5 Å². The number of hydrazine groups is 1. The fraction of sp³-hybridized carbons (Fsp3) is 0.909. The van der Waals surface area contributed by atoms with Crippen molar-refractivity contribution < 1.29 is 0 Å². The summed E-state index contributed by atoms with van der Waals surface area (Å²) in [4.78, 5) is 3.98. The van der Waals surface area contributed by atoms with E-state index < -0.39 is 0 Å². The van der Waals surface area contributed by atoms with Crippen molar-refractivity contribution in [3.05, 3.63) is 0 Å². The number of guanidine groups is 1. The average Bonchev–Trinajstić information content (AvgIpc) is 2.19. The van der Waals surface area contributed by atoms with Crippen LogP contribution >= 0.6 is 0 Å². The van der Waals surface area contributed by atoms with Crippen LogP contribution in [0, 0.1) is 5.41 Å². The topological polar surface area (TPSA) is 62.4 Å². The molecule has 0 aromatic rings. The lowest BCUT2D eigenvalue weighted by Gasteiger charge is -2.25. The summed E-state index contributed by atoms with van der Waals surface area (Å²) in [5.74, 6) is 5.94. The molecule has 0 aromatic heterocycles. The third kappa shape index (κ3) is 7.19. The van der Waals surface area contributed by atoms with Crippen LogP contribution in [0.2, 0.25) is 0 Å². The molecule has 0 bridgehead atoms. The van der Waals surface area contributed by atoms with Gasteiger partial charge < -0.3 is 5.32 Å². The van der Waals surface area contributed by atoms with Gasteiger partial charge in [0, 0.05) is 13.6 Å². The number of rotatable bonds is 6. The van der Waals surface area contributed by atoms with E-state index in [1.807, 2.05) is 0 Å². The second-order valence-corrected chi connectivity index (χ2v) is 4.69. The van der Waals surface area contributed by atoms with Gasteiger partial charge in [-0.25, -0.2) is 5.84 Å². The van der Waals surface area contributed by atoms with Gasteiger partial charge in [0.05, 0.1) is 0 Å². The van der Waals surface area contributed by atoms with E-state index in [9.17, 15) is 0 Å². The van der Waals surface area contributed by atoms with Gasteiger partial charge in [-0.3, -0.25) is 10.4 Å². The summed E-state index contributed by atoms with van der Waals surface area (Å²) in [7, 11) is 1.71. The molecular formula is C11H26N4. The number of nitrogens with zero attached hydrogens (tertiary/aromatic N) is 1. The van der Waals surface area contributed by atoms with Gasteiger partial charge in [0.1, 0.15) is 0 Å². The predicted molar refractivity (Wildman–Crippen MR) is 66.6 cm³/mol. The maximum atomic E-state index is 5.29. The maximum Gasteiger partial charge on any atom is 0.205 e. The van der Waals surface area contributed by atoms with E-state index >= 15 is 0 Å². The van der Waals surface area contributed by atoms with Crippen LogP contribution in [0.3, 0.4) is 0 Å². The van der Waals surface area contributed by atoms with E-state index in [0.29, 0.717) is 11.4 Å². The number of aliphatic imine (C=N–C) groups is 1. The minimum Gasteiger partial charge on any atom is -0.355 e. The Morgan fingerprint density at radius 3 is 2.47 bits per heavy atom. The van der Waals surface area contributed by atoms with Crippen molar-refractivity contribution in [3.63, 3.8) is 0 Å². The predicted octanol–water partition coefficient (Wildman–Crippen LogP) is 1.63. The molecule has 0 fully saturated rings. The Hall–Kier alpha value is -0.770. The Morgan fingerprint density at radius 2 is 2.00 bits per heavy atom. The Balaban J connectivity index is 3.81. The summed E-state index contributed by atoms with van der Waals surface area (Å²) in [6, 6.07) is 0. The largest absolute Gasteiger partial charge is 0.355 e. The standard InChI is InChI=1S/C11H26N4/c1-5-6-7-8-11(2,3)9-14-10(13-4)15-12/h5-9,12H2,1-4H3,(H2,13,14,15). The molecule has 0 unspecified atom stereocenters. The van der Waals surface area contributed by atoms with Crippen molar-refractivity contribution in [2.24, 2.45) is 16.3 Å². The second kappa shape index (κ2) is 7.51. The van der Waals surface area contributed by atoms with E-state index in [0.717, 1.165) is 6.54 Å². The smallest absolute Gasteiger partial charge is 0.205 e. The molecule has 15 heavy (non-hydrogen) atoms. The molecule has 0 atom stereocenters. The third-order valence-corrected chi connectivity index (χ3v) is 2.55. The molecule has 0 aliphatic heterocycles. The molecule has 0 aromatic carbocycles. The van der Waals surface area contributed by atoms with Crippen molar-refractivity contribution in [1.82, 2.24) is 10.7 Å². The molecule has 4 heteroatoms. The second-order valence-electron chi connectivity index (χ2n) is 4.69. The van der Waals surface area contributed by atoms with Crippen LogP contribution in [-0.4, -0.2) is 19.6 Å². The molecule has 0 saturated carbocycles. The molecule has 0 rings (SSSR count). The highest BCUT2D eigenvalue weighted by atomic mass is 15.3. The maximum absolute atomic E-state index is 5.29. The van der Waals surface area contributed by atoms with Crippen molar-refractivity contribution >= 4 is 5.96 Å². The first-order valence-corrected chi connectivity index (χ1v) is 5.73. The summed E-state index contributed by atoms with van der Waals surface area (Å²) in [6.07, 6.45) is 5.11. The molecule has 90 valence electrons. The Kier molecular flexibility index (Phi) is 7.13. The molecule has 0 aliphatic rings. The summed E-state index contributed by atoms with van der Waals surface area (Å²) in [6.45, 7) is 7.65. The lowest BCUT2D eigenvalue weighted by Crippen LogP contribution is -2.45. The van der Waals surface area contributed by atoms with Gasteiger partial charge in [-0.05, 0) is 11.8 Å². The number of nitrogens with one attached hydrogen (secondary N) is 2. The first kappa shape index (κ1) is 14.2. The van der Waals surface area contributed by atoms with Crippen LogP contribution in [0.15, 0.2) is 4.99 Å². The number of hydrogen-bond donors (Lipinski definition) is 3. The fourth-order valence-corrected chi connectivity index (χ4v) is 1.46. The van der Waals surface area contributed by atoms with Crippen molar-refractivity contribution in [2.75, 3.05) is 13.6 Å². The minimum atomic E-state index is 0.294. The molecular weight excluding hydrogens is 188 g/mol. The molecule has 0 spiro atoms. The normalized spacial score (nSPS) is 12.7. The zero-order chi connectivity index (χ0) is 11.7. The molecule has 0 radical (unpaired) electrons.